The van der Waals surface area contributed by atoms with Gasteiger partial charge in [-0.25, -0.2) is 0 Å². The third-order valence-electron chi connectivity index (χ3n) is 5.10. The molecule has 1 aliphatic rings. The number of benzene rings is 2. The van der Waals surface area contributed by atoms with Crippen LogP contribution in [0.1, 0.15) is 59.7 Å². The second-order valence-electron chi connectivity index (χ2n) is 6.77. The number of carbonyl (C=O) groups is 1. The van der Waals surface area contributed by atoms with Gasteiger partial charge in [-0.15, -0.1) is 24.2 Å². The van der Waals surface area contributed by atoms with Crippen LogP contribution < -0.4 is 5.32 Å². The molecular weight excluding hydrogens is 397 g/mol. The third kappa shape index (κ3) is 5.29. The number of nitrogens with one attached hydrogen (secondary N) is 1. The molecule has 0 fully saturated rings. The van der Waals surface area contributed by atoms with E-state index in [1.54, 1.807) is 0 Å². The molecule has 0 radical (unpaired) electrons. The molecule has 2 aromatic rings. The molecule has 0 aliphatic carbocycles. The van der Waals surface area contributed by atoms with Gasteiger partial charge in [0, 0.05) is 29.2 Å². The highest BCUT2D eigenvalue weighted by Gasteiger charge is 2.21. The summed E-state index contributed by atoms with van der Waals surface area (Å²) in [4.78, 5) is 13.0. The summed E-state index contributed by atoms with van der Waals surface area (Å²) in [7, 11) is 0. The quantitative estimate of drug-likeness (QED) is 0.437. The number of thioether (sulfide) groups is 1. The monoisotopic (exact) mass is 423 g/mol. The van der Waals surface area contributed by atoms with E-state index < -0.39 is 0 Å². The SMILES string of the molecule is CCC(=O)c1ccc(CSc2c(Cl)ccc3c2CCNCC3CC)cc1.Cl. The van der Waals surface area contributed by atoms with Crippen molar-refractivity contribution in [3.63, 3.8) is 0 Å². The van der Waals surface area contributed by atoms with Crippen LogP contribution in [0, 0.1) is 0 Å². The Hall–Kier alpha value is -1.00. The Bertz CT molecular complexity index is 777. The Labute approximate surface area is 177 Å². The summed E-state index contributed by atoms with van der Waals surface area (Å²) in [5.74, 6) is 1.61. The van der Waals surface area contributed by atoms with Crippen molar-refractivity contribution in [2.45, 2.75) is 49.7 Å². The van der Waals surface area contributed by atoms with Crippen LogP contribution in [-0.4, -0.2) is 18.9 Å². The van der Waals surface area contributed by atoms with E-state index in [1.165, 1.54) is 21.6 Å². The highest BCUT2D eigenvalue weighted by atomic mass is 35.5. The Morgan fingerprint density at radius 2 is 1.93 bits per heavy atom. The maximum absolute atomic E-state index is 11.8. The first-order chi connectivity index (χ1) is 12.6. The Balaban J connectivity index is 0.00000261. The van der Waals surface area contributed by atoms with Gasteiger partial charge in [-0.1, -0.05) is 55.8 Å². The molecule has 0 saturated heterocycles. The Morgan fingerprint density at radius 1 is 1.19 bits per heavy atom. The standard InChI is InChI=1S/C22H26ClNOS.ClH/c1-3-16-13-24-12-11-19-18(16)9-10-20(23)22(19)26-14-15-5-7-17(8-6-15)21(25)4-2;/h5-10,16,24H,3-4,11-14H2,1-2H3;1H. The molecule has 27 heavy (non-hydrogen) atoms. The van der Waals surface area contributed by atoms with Crippen LogP contribution in [0.3, 0.4) is 0 Å². The average molecular weight is 424 g/mol. The topological polar surface area (TPSA) is 29.1 Å². The summed E-state index contributed by atoms with van der Waals surface area (Å²) in [6.45, 7) is 6.20. The smallest absolute Gasteiger partial charge is 0.162 e. The van der Waals surface area contributed by atoms with E-state index >= 15 is 0 Å². The second-order valence-corrected chi connectivity index (χ2v) is 8.16. The molecule has 0 amide bonds. The molecule has 1 N–H and O–H groups in total. The fourth-order valence-electron chi connectivity index (χ4n) is 3.52. The molecule has 2 nitrogen and oxygen atoms in total. The summed E-state index contributed by atoms with van der Waals surface area (Å²) in [5, 5.41) is 4.40. The van der Waals surface area contributed by atoms with Crippen molar-refractivity contribution in [3.05, 3.63) is 63.7 Å². The Morgan fingerprint density at radius 3 is 2.59 bits per heavy atom. The van der Waals surface area contributed by atoms with E-state index in [0.717, 1.165) is 42.3 Å². The summed E-state index contributed by atoms with van der Waals surface area (Å²) >= 11 is 8.38. The molecule has 0 aromatic heterocycles. The van der Waals surface area contributed by atoms with E-state index in [0.29, 0.717) is 12.3 Å². The van der Waals surface area contributed by atoms with Crippen molar-refractivity contribution < 1.29 is 4.79 Å². The van der Waals surface area contributed by atoms with Crippen molar-refractivity contribution in [1.29, 1.82) is 0 Å². The number of halogens is 2. The fraction of sp³-hybridized carbons (Fsp3) is 0.409. The normalized spacial score (nSPS) is 16.2. The van der Waals surface area contributed by atoms with Crippen LogP contribution in [0.2, 0.25) is 5.02 Å². The van der Waals surface area contributed by atoms with Gasteiger partial charge in [0.1, 0.15) is 0 Å². The zero-order chi connectivity index (χ0) is 18.5. The largest absolute Gasteiger partial charge is 0.316 e. The van der Waals surface area contributed by atoms with Crippen LogP contribution in [-0.2, 0) is 12.2 Å². The first-order valence-electron chi connectivity index (χ1n) is 9.41. The van der Waals surface area contributed by atoms with Gasteiger partial charge in [0.25, 0.3) is 0 Å². The average Bonchev–Trinajstić information content (AvgIpc) is 2.89. The summed E-state index contributed by atoms with van der Waals surface area (Å²) < 4.78 is 0. The van der Waals surface area contributed by atoms with Gasteiger partial charge in [0.05, 0.1) is 5.02 Å². The maximum atomic E-state index is 11.8. The van der Waals surface area contributed by atoms with Crippen LogP contribution in [0.25, 0.3) is 0 Å². The number of fused-ring (bicyclic) bond motifs is 1. The summed E-state index contributed by atoms with van der Waals surface area (Å²) in [6.07, 6.45) is 2.71. The minimum absolute atomic E-state index is 0. The summed E-state index contributed by atoms with van der Waals surface area (Å²) in [6, 6.07) is 12.3. The number of rotatable bonds is 6. The zero-order valence-electron chi connectivity index (χ0n) is 15.9. The first kappa shape index (κ1) is 22.3. The number of carbonyl (C=O) groups excluding carboxylic acids is 1. The van der Waals surface area contributed by atoms with E-state index in [-0.39, 0.29) is 18.2 Å². The third-order valence-corrected chi connectivity index (χ3v) is 6.76. The van der Waals surface area contributed by atoms with Crippen molar-refractivity contribution in [3.8, 4) is 0 Å². The molecule has 1 unspecified atom stereocenters. The molecule has 0 saturated carbocycles. The minimum atomic E-state index is 0. The van der Waals surface area contributed by atoms with Gasteiger partial charge in [0.15, 0.2) is 5.78 Å². The lowest BCUT2D eigenvalue weighted by atomic mass is 9.92. The van der Waals surface area contributed by atoms with Gasteiger partial charge >= 0.3 is 0 Å². The van der Waals surface area contributed by atoms with Crippen LogP contribution >= 0.6 is 35.8 Å². The number of hydrogen-bond donors (Lipinski definition) is 1. The molecule has 2 aromatic carbocycles. The molecule has 1 heterocycles. The van der Waals surface area contributed by atoms with Crippen molar-refractivity contribution in [2.24, 2.45) is 0 Å². The molecule has 146 valence electrons. The lowest BCUT2D eigenvalue weighted by molar-refractivity contribution is 0.0988. The molecule has 0 spiro atoms. The van der Waals surface area contributed by atoms with Crippen molar-refractivity contribution in [2.75, 3.05) is 13.1 Å². The highest BCUT2D eigenvalue weighted by molar-refractivity contribution is 7.98. The molecule has 5 heteroatoms. The van der Waals surface area contributed by atoms with Gasteiger partial charge in [0.2, 0.25) is 0 Å². The maximum Gasteiger partial charge on any atom is 0.162 e. The zero-order valence-corrected chi connectivity index (χ0v) is 18.3. The van der Waals surface area contributed by atoms with Crippen molar-refractivity contribution in [1.82, 2.24) is 5.32 Å². The highest BCUT2D eigenvalue weighted by Crippen LogP contribution is 2.38. The Kier molecular flexibility index (Phi) is 8.68. The van der Waals surface area contributed by atoms with Crippen LogP contribution in [0.5, 0.6) is 0 Å². The fourth-order valence-corrected chi connectivity index (χ4v) is 4.97. The molecule has 3 rings (SSSR count). The van der Waals surface area contributed by atoms with Crippen LogP contribution in [0.15, 0.2) is 41.3 Å². The predicted octanol–water partition coefficient (Wildman–Crippen LogP) is 6.29. The predicted molar refractivity (Wildman–Crippen MR) is 119 cm³/mol. The minimum Gasteiger partial charge on any atom is -0.316 e. The van der Waals surface area contributed by atoms with Gasteiger partial charge in [-0.3, -0.25) is 4.79 Å². The first-order valence-corrected chi connectivity index (χ1v) is 10.8. The number of hydrogen-bond acceptors (Lipinski definition) is 3. The van der Waals surface area contributed by atoms with E-state index in [2.05, 4.69) is 36.5 Å². The molecular formula is C22H27Cl2NOS. The van der Waals surface area contributed by atoms with Gasteiger partial charge < -0.3 is 5.32 Å². The molecule has 0 bridgehead atoms. The number of ketones is 1. The number of Topliss-reactive ketones (excluding diaryl/α,β-unsaturated/α-hetero) is 1. The van der Waals surface area contributed by atoms with E-state index in [4.69, 9.17) is 11.6 Å². The van der Waals surface area contributed by atoms with E-state index in [1.807, 2.05) is 30.8 Å². The molecule has 1 aliphatic heterocycles. The van der Waals surface area contributed by atoms with Gasteiger partial charge in [-0.05, 0) is 48.1 Å². The summed E-state index contributed by atoms with van der Waals surface area (Å²) in [5.41, 5.74) is 4.88. The second kappa shape index (κ2) is 10.5. The van der Waals surface area contributed by atoms with Gasteiger partial charge in [-0.2, -0.15) is 0 Å². The van der Waals surface area contributed by atoms with Crippen molar-refractivity contribution >= 4 is 41.6 Å². The lowest BCUT2D eigenvalue weighted by Gasteiger charge is -2.19. The van der Waals surface area contributed by atoms with Crippen LogP contribution in [0.4, 0.5) is 0 Å². The molecule has 1 atom stereocenters. The lowest BCUT2D eigenvalue weighted by Crippen LogP contribution is -2.19. The van der Waals surface area contributed by atoms with E-state index in [9.17, 15) is 4.79 Å².